The molecule has 22 heavy (non-hydrogen) atoms. The van der Waals surface area contributed by atoms with Crippen LogP contribution in [0.4, 0.5) is 0 Å². The van der Waals surface area contributed by atoms with Crippen LogP contribution in [0.15, 0.2) is 18.2 Å². The number of halogens is 1. The number of hydrogen-bond donors (Lipinski definition) is 0. The summed E-state index contributed by atoms with van der Waals surface area (Å²) in [5.41, 5.74) is 1.06. The van der Waals surface area contributed by atoms with Crippen molar-refractivity contribution in [1.29, 1.82) is 0 Å². The Balaban J connectivity index is 1.73. The second-order valence-corrected chi connectivity index (χ2v) is 6.28. The minimum atomic E-state index is 0.0400. The molecule has 0 aromatic heterocycles. The van der Waals surface area contributed by atoms with Gasteiger partial charge in [0.1, 0.15) is 0 Å². The fourth-order valence-electron chi connectivity index (χ4n) is 2.75. The molecule has 1 heterocycles. The summed E-state index contributed by atoms with van der Waals surface area (Å²) in [4.78, 5) is 2.43. The molecule has 4 nitrogen and oxygen atoms in total. The Morgan fingerprint density at radius 1 is 1.09 bits per heavy atom. The van der Waals surface area contributed by atoms with Crippen molar-refractivity contribution in [3.8, 4) is 11.5 Å². The monoisotopic (exact) mass is 327 g/mol. The van der Waals surface area contributed by atoms with Crippen molar-refractivity contribution in [2.45, 2.75) is 31.2 Å². The number of ether oxygens (including phenoxy) is 3. The summed E-state index contributed by atoms with van der Waals surface area (Å²) in [6.45, 7) is 4.33. The lowest BCUT2D eigenvalue weighted by molar-refractivity contribution is 0.108. The third-order valence-corrected chi connectivity index (χ3v) is 4.18. The Morgan fingerprint density at radius 3 is 2.50 bits per heavy atom. The van der Waals surface area contributed by atoms with Crippen LogP contribution in [-0.2, 0) is 11.3 Å². The molecular formula is C17H26ClNO3. The van der Waals surface area contributed by atoms with Gasteiger partial charge in [-0.05, 0) is 43.6 Å². The van der Waals surface area contributed by atoms with Crippen LogP contribution in [0, 0.1) is 0 Å². The zero-order valence-electron chi connectivity index (χ0n) is 13.5. The van der Waals surface area contributed by atoms with Gasteiger partial charge in [-0.15, -0.1) is 11.6 Å². The van der Waals surface area contributed by atoms with Gasteiger partial charge < -0.3 is 19.1 Å². The summed E-state index contributed by atoms with van der Waals surface area (Å²) < 4.78 is 16.3. The topological polar surface area (TPSA) is 30.9 Å². The van der Waals surface area contributed by atoms with Gasteiger partial charge in [0.2, 0.25) is 0 Å². The van der Waals surface area contributed by atoms with Gasteiger partial charge in [-0.25, -0.2) is 0 Å². The van der Waals surface area contributed by atoms with Gasteiger partial charge in [-0.1, -0.05) is 12.5 Å². The van der Waals surface area contributed by atoms with Crippen LogP contribution >= 0.6 is 11.6 Å². The maximum absolute atomic E-state index is 6.38. The Labute approximate surface area is 138 Å². The fourth-order valence-corrected chi connectivity index (χ4v) is 3.03. The molecule has 1 aromatic rings. The van der Waals surface area contributed by atoms with Crippen LogP contribution in [0.3, 0.4) is 0 Å². The van der Waals surface area contributed by atoms with Gasteiger partial charge in [-0.3, -0.25) is 0 Å². The summed E-state index contributed by atoms with van der Waals surface area (Å²) in [6, 6.07) is 5.81. The Hall–Kier alpha value is -0.970. The number of hydrogen-bond acceptors (Lipinski definition) is 4. The molecule has 0 spiro atoms. The van der Waals surface area contributed by atoms with Crippen molar-refractivity contribution in [2.24, 2.45) is 0 Å². The predicted molar refractivity (Wildman–Crippen MR) is 89.1 cm³/mol. The SMILES string of the molecule is COc1ccc(COCC(Cl)CN2CCCCC2)cc1OC. The zero-order chi connectivity index (χ0) is 15.8. The first-order chi connectivity index (χ1) is 10.7. The Morgan fingerprint density at radius 2 is 1.82 bits per heavy atom. The van der Waals surface area contributed by atoms with E-state index in [-0.39, 0.29) is 5.38 Å². The van der Waals surface area contributed by atoms with Crippen molar-refractivity contribution >= 4 is 11.6 Å². The Bertz CT molecular complexity index is 450. The Kier molecular flexibility index (Phi) is 7.30. The van der Waals surface area contributed by atoms with Gasteiger partial charge in [0.25, 0.3) is 0 Å². The molecule has 2 rings (SSSR count). The van der Waals surface area contributed by atoms with Gasteiger partial charge in [0, 0.05) is 6.54 Å². The summed E-state index contributed by atoms with van der Waals surface area (Å²) in [6.07, 6.45) is 3.92. The lowest BCUT2D eigenvalue weighted by atomic mass is 10.1. The molecule has 1 atom stereocenters. The van der Waals surface area contributed by atoms with E-state index in [1.165, 1.54) is 32.4 Å². The molecule has 124 valence electrons. The number of nitrogens with zero attached hydrogens (tertiary/aromatic N) is 1. The highest BCUT2D eigenvalue weighted by Gasteiger charge is 2.15. The zero-order valence-corrected chi connectivity index (χ0v) is 14.3. The third-order valence-electron chi connectivity index (χ3n) is 3.92. The highest BCUT2D eigenvalue weighted by molar-refractivity contribution is 6.20. The summed E-state index contributed by atoms with van der Waals surface area (Å²) in [5, 5.41) is 0.0400. The highest BCUT2D eigenvalue weighted by atomic mass is 35.5. The van der Waals surface area contributed by atoms with Crippen LogP contribution in [0.5, 0.6) is 11.5 Å². The molecule has 1 saturated heterocycles. The standard InChI is InChI=1S/C17H26ClNO3/c1-20-16-7-6-14(10-17(16)21-2)12-22-13-15(18)11-19-8-4-3-5-9-19/h6-7,10,15H,3-5,8-9,11-13H2,1-2H3. The summed E-state index contributed by atoms with van der Waals surface area (Å²) >= 11 is 6.38. The molecule has 0 radical (unpaired) electrons. The number of benzene rings is 1. The lowest BCUT2D eigenvalue weighted by Crippen LogP contribution is -2.36. The predicted octanol–water partition coefficient (Wildman–Crippen LogP) is 3.31. The second-order valence-electron chi connectivity index (χ2n) is 5.66. The normalized spacial score (nSPS) is 17.2. The molecule has 0 saturated carbocycles. The van der Waals surface area contributed by atoms with Crippen LogP contribution < -0.4 is 9.47 Å². The molecule has 1 unspecified atom stereocenters. The maximum atomic E-state index is 6.38. The van der Waals surface area contributed by atoms with E-state index in [1.807, 2.05) is 18.2 Å². The summed E-state index contributed by atoms with van der Waals surface area (Å²) in [7, 11) is 3.27. The molecule has 1 aliphatic heterocycles. The quantitative estimate of drug-likeness (QED) is 0.685. The second kappa shape index (κ2) is 9.23. The molecular weight excluding hydrogens is 302 g/mol. The lowest BCUT2D eigenvalue weighted by Gasteiger charge is -2.28. The van der Waals surface area contributed by atoms with Crippen LogP contribution in [0.25, 0.3) is 0 Å². The van der Waals surface area contributed by atoms with Gasteiger partial charge >= 0.3 is 0 Å². The van der Waals surface area contributed by atoms with E-state index in [2.05, 4.69) is 4.90 Å². The third kappa shape index (κ3) is 5.34. The molecule has 1 aromatic carbocycles. The number of methoxy groups -OCH3 is 2. The smallest absolute Gasteiger partial charge is 0.161 e. The highest BCUT2D eigenvalue weighted by Crippen LogP contribution is 2.27. The van der Waals surface area contributed by atoms with Crippen LogP contribution in [-0.4, -0.2) is 50.7 Å². The van der Waals surface area contributed by atoms with Gasteiger partial charge in [-0.2, -0.15) is 0 Å². The van der Waals surface area contributed by atoms with Gasteiger partial charge in [0.15, 0.2) is 11.5 Å². The minimum absolute atomic E-state index is 0.0400. The molecule has 0 amide bonds. The molecule has 1 aliphatic rings. The average molecular weight is 328 g/mol. The first-order valence-corrected chi connectivity index (χ1v) is 8.31. The van der Waals surface area contributed by atoms with E-state index in [0.717, 1.165) is 23.6 Å². The maximum Gasteiger partial charge on any atom is 0.161 e. The number of piperidine rings is 1. The average Bonchev–Trinajstić information content (AvgIpc) is 2.55. The molecule has 0 bridgehead atoms. The first-order valence-electron chi connectivity index (χ1n) is 7.88. The number of rotatable bonds is 8. The van der Waals surface area contributed by atoms with Crippen molar-refractivity contribution in [3.63, 3.8) is 0 Å². The largest absolute Gasteiger partial charge is 0.493 e. The van der Waals surface area contributed by atoms with E-state index in [1.54, 1.807) is 14.2 Å². The first kappa shape index (κ1) is 17.4. The molecule has 0 N–H and O–H groups in total. The van der Waals surface area contributed by atoms with Crippen LogP contribution in [0.2, 0.25) is 0 Å². The van der Waals surface area contributed by atoms with E-state index in [4.69, 9.17) is 25.8 Å². The van der Waals surface area contributed by atoms with Gasteiger partial charge in [0.05, 0.1) is 32.8 Å². The number of likely N-dealkylation sites (tertiary alicyclic amines) is 1. The van der Waals surface area contributed by atoms with E-state index >= 15 is 0 Å². The minimum Gasteiger partial charge on any atom is -0.493 e. The summed E-state index contributed by atoms with van der Waals surface area (Å²) in [5.74, 6) is 1.45. The molecule has 0 aliphatic carbocycles. The fraction of sp³-hybridized carbons (Fsp3) is 0.647. The number of alkyl halides is 1. The van der Waals surface area contributed by atoms with Crippen LogP contribution in [0.1, 0.15) is 24.8 Å². The molecule has 1 fully saturated rings. The van der Waals surface area contributed by atoms with E-state index < -0.39 is 0 Å². The van der Waals surface area contributed by atoms with Crippen molar-refractivity contribution in [1.82, 2.24) is 4.90 Å². The van der Waals surface area contributed by atoms with Crippen molar-refractivity contribution in [3.05, 3.63) is 23.8 Å². The van der Waals surface area contributed by atoms with Crippen molar-refractivity contribution in [2.75, 3.05) is 40.5 Å². The van der Waals surface area contributed by atoms with E-state index in [9.17, 15) is 0 Å². The van der Waals surface area contributed by atoms with Crippen molar-refractivity contribution < 1.29 is 14.2 Å². The molecule has 5 heteroatoms. The van der Waals surface area contributed by atoms with E-state index in [0.29, 0.717) is 13.2 Å².